The summed E-state index contributed by atoms with van der Waals surface area (Å²) in [5.74, 6) is 0.178. The molecule has 1 N–H and O–H groups in total. The highest BCUT2D eigenvalue weighted by Crippen LogP contribution is 1.99. The van der Waals surface area contributed by atoms with E-state index >= 15 is 0 Å². The Bertz CT molecular complexity index is 401. The first-order valence-electron chi connectivity index (χ1n) is 5.34. The molecule has 0 aliphatic heterocycles. The van der Waals surface area contributed by atoms with Gasteiger partial charge < -0.3 is 5.32 Å². The van der Waals surface area contributed by atoms with Gasteiger partial charge in [0.2, 0.25) is 0 Å². The average Bonchev–Trinajstić information content (AvgIpc) is 2.26. The summed E-state index contributed by atoms with van der Waals surface area (Å²) in [6.07, 6.45) is 1.72. The Morgan fingerprint density at radius 2 is 2.12 bits per heavy atom. The molecular formula is C11H18N2O2S. The predicted octanol–water partition coefficient (Wildman–Crippen LogP) is 0.994. The van der Waals surface area contributed by atoms with Gasteiger partial charge in [0, 0.05) is 19.3 Å². The van der Waals surface area contributed by atoms with E-state index in [1.54, 1.807) is 20.0 Å². The summed E-state index contributed by atoms with van der Waals surface area (Å²) in [4.78, 5) is 4.14. The van der Waals surface area contributed by atoms with E-state index in [0.717, 1.165) is 5.69 Å². The van der Waals surface area contributed by atoms with Crippen molar-refractivity contribution in [2.24, 2.45) is 0 Å². The number of nitrogens with one attached hydrogen (secondary N) is 1. The minimum absolute atomic E-state index is 0.178. The van der Waals surface area contributed by atoms with Crippen LogP contribution in [0.1, 0.15) is 19.5 Å². The van der Waals surface area contributed by atoms with Gasteiger partial charge in [-0.25, -0.2) is 8.42 Å². The molecule has 16 heavy (non-hydrogen) atoms. The maximum atomic E-state index is 11.5. The van der Waals surface area contributed by atoms with Gasteiger partial charge in [0.25, 0.3) is 0 Å². The Hall–Kier alpha value is -0.940. The third-order valence-corrected chi connectivity index (χ3v) is 4.52. The van der Waals surface area contributed by atoms with Crippen LogP contribution >= 0.6 is 0 Å². The SMILES string of the molecule is CC(C)S(=O)(=O)CCNCc1ccccn1. The van der Waals surface area contributed by atoms with Gasteiger partial charge in [-0.1, -0.05) is 6.07 Å². The smallest absolute Gasteiger partial charge is 0.153 e. The first-order valence-corrected chi connectivity index (χ1v) is 7.06. The fourth-order valence-electron chi connectivity index (χ4n) is 1.17. The van der Waals surface area contributed by atoms with Crippen molar-refractivity contribution in [1.82, 2.24) is 10.3 Å². The van der Waals surface area contributed by atoms with Crippen molar-refractivity contribution in [2.75, 3.05) is 12.3 Å². The Kier molecular flexibility index (Phi) is 4.89. The van der Waals surface area contributed by atoms with Gasteiger partial charge in [0.1, 0.15) is 0 Å². The summed E-state index contributed by atoms with van der Waals surface area (Å²) < 4.78 is 23.0. The van der Waals surface area contributed by atoms with E-state index in [1.807, 2.05) is 18.2 Å². The molecule has 1 rings (SSSR count). The molecule has 0 aromatic carbocycles. The van der Waals surface area contributed by atoms with Gasteiger partial charge >= 0.3 is 0 Å². The lowest BCUT2D eigenvalue weighted by atomic mass is 10.3. The number of sulfone groups is 1. The Balaban J connectivity index is 2.28. The summed E-state index contributed by atoms with van der Waals surface area (Å²) in [5, 5.41) is 2.77. The predicted molar refractivity (Wildman–Crippen MR) is 64.9 cm³/mol. The second-order valence-corrected chi connectivity index (χ2v) is 6.59. The van der Waals surface area contributed by atoms with Crippen LogP contribution in [0.2, 0.25) is 0 Å². The fourth-order valence-corrected chi connectivity index (χ4v) is 2.07. The first kappa shape index (κ1) is 13.1. The van der Waals surface area contributed by atoms with Crippen molar-refractivity contribution in [3.8, 4) is 0 Å². The van der Waals surface area contributed by atoms with Crippen LogP contribution in [0, 0.1) is 0 Å². The highest BCUT2D eigenvalue weighted by Gasteiger charge is 2.14. The highest BCUT2D eigenvalue weighted by atomic mass is 32.2. The number of hydrogen-bond donors (Lipinski definition) is 1. The lowest BCUT2D eigenvalue weighted by Crippen LogP contribution is -2.27. The summed E-state index contributed by atoms with van der Waals surface area (Å²) in [6.45, 7) is 4.48. The van der Waals surface area contributed by atoms with Crippen LogP contribution in [-0.4, -0.2) is 30.9 Å². The minimum atomic E-state index is -2.94. The molecule has 0 bridgehead atoms. The van der Waals surface area contributed by atoms with Crippen molar-refractivity contribution in [1.29, 1.82) is 0 Å². The van der Waals surface area contributed by atoms with Gasteiger partial charge in [-0.15, -0.1) is 0 Å². The lowest BCUT2D eigenvalue weighted by molar-refractivity contribution is 0.581. The molecule has 0 radical (unpaired) electrons. The molecule has 0 aliphatic rings. The Labute approximate surface area is 97.0 Å². The standard InChI is InChI=1S/C11H18N2O2S/c1-10(2)16(14,15)8-7-12-9-11-5-3-4-6-13-11/h3-6,10,12H,7-9H2,1-2H3. The summed E-state index contributed by atoms with van der Waals surface area (Å²) in [6, 6.07) is 5.67. The molecule has 0 unspecified atom stereocenters. The third-order valence-electron chi connectivity index (χ3n) is 2.31. The van der Waals surface area contributed by atoms with Crippen molar-refractivity contribution in [3.63, 3.8) is 0 Å². The van der Waals surface area contributed by atoms with Crippen molar-refractivity contribution in [3.05, 3.63) is 30.1 Å². The van der Waals surface area contributed by atoms with Crippen molar-refractivity contribution in [2.45, 2.75) is 25.6 Å². The van der Waals surface area contributed by atoms with Crippen LogP contribution < -0.4 is 5.32 Å². The van der Waals surface area contributed by atoms with Gasteiger partial charge in [0.15, 0.2) is 9.84 Å². The quantitative estimate of drug-likeness (QED) is 0.756. The van der Waals surface area contributed by atoms with Crippen LogP contribution in [0.25, 0.3) is 0 Å². The Morgan fingerprint density at radius 3 is 2.69 bits per heavy atom. The molecule has 0 saturated heterocycles. The van der Waals surface area contributed by atoms with Gasteiger partial charge in [-0.05, 0) is 26.0 Å². The maximum absolute atomic E-state index is 11.5. The topological polar surface area (TPSA) is 59.1 Å². The molecule has 1 aromatic rings. The Morgan fingerprint density at radius 1 is 1.38 bits per heavy atom. The molecule has 1 heterocycles. The normalized spacial score (nSPS) is 11.9. The molecule has 1 aromatic heterocycles. The van der Waals surface area contributed by atoms with E-state index in [2.05, 4.69) is 10.3 Å². The monoisotopic (exact) mass is 242 g/mol. The maximum Gasteiger partial charge on any atom is 0.153 e. The van der Waals surface area contributed by atoms with E-state index in [4.69, 9.17) is 0 Å². The molecule has 0 spiro atoms. The molecule has 4 nitrogen and oxygen atoms in total. The largest absolute Gasteiger partial charge is 0.310 e. The van der Waals surface area contributed by atoms with Crippen LogP contribution in [0.3, 0.4) is 0 Å². The van der Waals surface area contributed by atoms with E-state index in [-0.39, 0.29) is 11.0 Å². The zero-order valence-electron chi connectivity index (χ0n) is 9.68. The second kappa shape index (κ2) is 5.96. The summed E-state index contributed by atoms with van der Waals surface area (Å²) in [5.41, 5.74) is 0.921. The van der Waals surface area contributed by atoms with Crippen LogP contribution in [-0.2, 0) is 16.4 Å². The van der Waals surface area contributed by atoms with Crippen LogP contribution in [0.4, 0.5) is 0 Å². The summed E-state index contributed by atoms with van der Waals surface area (Å²) >= 11 is 0. The fraction of sp³-hybridized carbons (Fsp3) is 0.545. The number of nitrogens with zero attached hydrogens (tertiary/aromatic N) is 1. The van der Waals surface area contributed by atoms with E-state index < -0.39 is 9.84 Å². The van der Waals surface area contributed by atoms with E-state index in [0.29, 0.717) is 13.1 Å². The second-order valence-electron chi connectivity index (χ2n) is 3.91. The number of pyridine rings is 1. The molecule has 0 atom stereocenters. The molecule has 0 aliphatic carbocycles. The van der Waals surface area contributed by atoms with Crippen LogP contribution in [0.15, 0.2) is 24.4 Å². The lowest BCUT2D eigenvalue weighted by Gasteiger charge is -2.08. The van der Waals surface area contributed by atoms with Gasteiger partial charge in [0.05, 0.1) is 16.7 Å². The average molecular weight is 242 g/mol. The number of aromatic nitrogens is 1. The van der Waals surface area contributed by atoms with Crippen LogP contribution in [0.5, 0.6) is 0 Å². The van der Waals surface area contributed by atoms with E-state index in [9.17, 15) is 8.42 Å². The van der Waals surface area contributed by atoms with Gasteiger partial charge in [-0.3, -0.25) is 4.98 Å². The number of hydrogen-bond acceptors (Lipinski definition) is 4. The molecular weight excluding hydrogens is 224 g/mol. The zero-order chi connectivity index (χ0) is 12.0. The third kappa shape index (κ3) is 4.28. The molecule has 0 fully saturated rings. The number of rotatable bonds is 6. The molecule has 0 amide bonds. The van der Waals surface area contributed by atoms with Gasteiger partial charge in [-0.2, -0.15) is 0 Å². The highest BCUT2D eigenvalue weighted by molar-refractivity contribution is 7.92. The molecule has 0 saturated carbocycles. The zero-order valence-corrected chi connectivity index (χ0v) is 10.5. The minimum Gasteiger partial charge on any atom is -0.310 e. The first-order chi connectivity index (χ1) is 7.52. The molecule has 90 valence electrons. The summed E-state index contributed by atoms with van der Waals surface area (Å²) in [7, 11) is -2.94. The van der Waals surface area contributed by atoms with E-state index in [1.165, 1.54) is 0 Å². The molecule has 5 heteroatoms. The van der Waals surface area contributed by atoms with Crippen molar-refractivity contribution < 1.29 is 8.42 Å². The van der Waals surface area contributed by atoms with Crippen molar-refractivity contribution >= 4 is 9.84 Å².